The van der Waals surface area contributed by atoms with Crippen LogP contribution in [0.5, 0.6) is 0 Å². The van der Waals surface area contributed by atoms with E-state index in [4.69, 9.17) is 0 Å². The Labute approximate surface area is 162 Å². The van der Waals surface area contributed by atoms with Gasteiger partial charge in [0.15, 0.2) is 0 Å². The van der Waals surface area contributed by atoms with Crippen LogP contribution in [0.25, 0.3) is 0 Å². The Morgan fingerprint density at radius 2 is 1.63 bits per heavy atom. The van der Waals surface area contributed by atoms with Gasteiger partial charge < -0.3 is 10.2 Å². The number of carbonyl (C=O) groups is 2. The van der Waals surface area contributed by atoms with E-state index in [1.54, 1.807) is 18.7 Å². The Morgan fingerprint density at radius 3 is 2.07 bits per heavy atom. The molecule has 1 N–H and O–H groups in total. The fourth-order valence-corrected chi connectivity index (χ4v) is 4.17. The van der Waals surface area contributed by atoms with Crippen LogP contribution in [0.3, 0.4) is 0 Å². The average molecular weight is 398 g/mol. The van der Waals surface area contributed by atoms with E-state index in [2.05, 4.69) is 5.32 Å². The minimum absolute atomic E-state index is 0.0242. The molecular weight excluding hydrogens is 366 g/mol. The van der Waals surface area contributed by atoms with Gasteiger partial charge in [-0.1, -0.05) is 27.7 Å². The zero-order valence-corrected chi connectivity index (χ0v) is 17.7. The molecule has 0 saturated heterocycles. The summed E-state index contributed by atoms with van der Waals surface area (Å²) < 4.78 is 26.3. The average Bonchev–Trinajstić information content (AvgIpc) is 2.61. The topological polar surface area (TPSA) is 86.8 Å². The maximum Gasteiger partial charge on any atom is 0.251 e. The fraction of sp³-hybridized carbons (Fsp3) is 0.579. The summed E-state index contributed by atoms with van der Waals surface area (Å²) in [6.07, 6.45) is 0. The van der Waals surface area contributed by atoms with Gasteiger partial charge in [0.2, 0.25) is 15.9 Å². The van der Waals surface area contributed by atoms with E-state index >= 15 is 0 Å². The van der Waals surface area contributed by atoms with E-state index in [0.29, 0.717) is 44.2 Å². The number of benzene rings is 1. The quantitative estimate of drug-likeness (QED) is 0.654. The van der Waals surface area contributed by atoms with Gasteiger partial charge in [-0.2, -0.15) is 4.31 Å². The minimum atomic E-state index is -3.54. The van der Waals surface area contributed by atoms with Crippen molar-refractivity contribution in [3.05, 3.63) is 29.8 Å². The molecule has 0 atom stereocenters. The molecule has 0 unspecified atom stereocenters. The first kappa shape index (κ1) is 23.1. The molecule has 0 aliphatic heterocycles. The maximum atomic E-state index is 12.5. The van der Waals surface area contributed by atoms with Gasteiger partial charge in [-0.05, 0) is 30.2 Å². The highest BCUT2D eigenvalue weighted by atomic mass is 32.2. The highest BCUT2D eigenvalue weighted by molar-refractivity contribution is 7.89. The Hall–Kier alpha value is -1.93. The summed E-state index contributed by atoms with van der Waals surface area (Å²) >= 11 is 0. The molecule has 1 rings (SSSR count). The highest BCUT2D eigenvalue weighted by Gasteiger charge is 2.21. The van der Waals surface area contributed by atoms with Crippen molar-refractivity contribution < 1.29 is 18.0 Å². The van der Waals surface area contributed by atoms with Crippen LogP contribution in [0.15, 0.2) is 29.2 Å². The highest BCUT2D eigenvalue weighted by Crippen LogP contribution is 2.16. The number of nitrogens with one attached hydrogen (secondary N) is 1. The largest absolute Gasteiger partial charge is 0.350 e. The van der Waals surface area contributed by atoms with Crippen molar-refractivity contribution in [1.29, 1.82) is 0 Å². The van der Waals surface area contributed by atoms with Crippen molar-refractivity contribution in [3.63, 3.8) is 0 Å². The van der Waals surface area contributed by atoms with E-state index in [0.717, 1.165) is 0 Å². The number of hydrogen-bond donors (Lipinski definition) is 1. The lowest BCUT2D eigenvalue weighted by Gasteiger charge is -2.23. The molecule has 0 fully saturated rings. The molecule has 0 aliphatic carbocycles. The van der Waals surface area contributed by atoms with E-state index in [1.807, 2.05) is 13.8 Å². The molecule has 0 aromatic heterocycles. The SMILES string of the molecule is CCN(CC)S(=O)(=O)c1ccc(C(=O)NCCN(CC(C)C)C(C)=O)cc1. The number of amides is 2. The second-order valence-electron chi connectivity index (χ2n) is 6.73. The molecule has 7 nitrogen and oxygen atoms in total. The zero-order valence-electron chi connectivity index (χ0n) is 16.9. The molecule has 1 aromatic carbocycles. The predicted octanol–water partition coefficient (Wildman–Crippen LogP) is 1.95. The van der Waals surface area contributed by atoms with Gasteiger partial charge >= 0.3 is 0 Å². The third kappa shape index (κ3) is 6.62. The summed E-state index contributed by atoms with van der Waals surface area (Å²) in [6, 6.07) is 5.90. The molecule has 0 aliphatic rings. The molecule has 0 saturated carbocycles. The third-order valence-electron chi connectivity index (χ3n) is 4.16. The van der Waals surface area contributed by atoms with Gasteiger partial charge in [0.25, 0.3) is 5.91 Å². The smallest absolute Gasteiger partial charge is 0.251 e. The van der Waals surface area contributed by atoms with Crippen molar-refractivity contribution in [3.8, 4) is 0 Å². The van der Waals surface area contributed by atoms with Crippen LogP contribution in [0.1, 0.15) is 45.0 Å². The lowest BCUT2D eigenvalue weighted by molar-refractivity contribution is -0.129. The third-order valence-corrected chi connectivity index (χ3v) is 6.22. The molecule has 27 heavy (non-hydrogen) atoms. The lowest BCUT2D eigenvalue weighted by atomic mass is 10.2. The van der Waals surface area contributed by atoms with E-state index in [9.17, 15) is 18.0 Å². The fourth-order valence-electron chi connectivity index (χ4n) is 2.72. The summed E-state index contributed by atoms with van der Waals surface area (Å²) in [4.78, 5) is 25.7. The van der Waals surface area contributed by atoms with Crippen molar-refractivity contribution >= 4 is 21.8 Å². The normalized spacial score (nSPS) is 11.7. The standard InChI is InChI=1S/C19H31N3O4S/c1-6-22(7-2)27(25,26)18-10-8-17(9-11-18)19(24)20-12-13-21(16(5)23)14-15(3)4/h8-11,15H,6-7,12-14H2,1-5H3,(H,20,24). The zero-order chi connectivity index (χ0) is 20.6. The monoisotopic (exact) mass is 397 g/mol. The maximum absolute atomic E-state index is 12.5. The summed E-state index contributed by atoms with van der Waals surface area (Å²) in [7, 11) is -3.54. The van der Waals surface area contributed by atoms with Gasteiger partial charge in [0, 0.05) is 45.2 Å². The first-order valence-electron chi connectivity index (χ1n) is 9.27. The number of hydrogen-bond acceptors (Lipinski definition) is 4. The van der Waals surface area contributed by atoms with Crippen LogP contribution < -0.4 is 5.32 Å². The molecule has 0 bridgehead atoms. The molecule has 152 valence electrons. The minimum Gasteiger partial charge on any atom is -0.350 e. The predicted molar refractivity (Wildman–Crippen MR) is 106 cm³/mol. The Morgan fingerprint density at radius 1 is 1.07 bits per heavy atom. The van der Waals surface area contributed by atoms with Crippen molar-refractivity contribution in [2.24, 2.45) is 5.92 Å². The van der Waals surface area contributed by atoms with Crippen molar-refractivity contribution in [2.75, 3.05) is 32.7 Å². The van der Waals surface area contributed by atoms with Gasteiger partial charge in [-0.15, -0.1) is 0 Å². The first-order chi connectivity index (χ1) is 12.6. The Bertz CT molecular complexity index is 726. The van der Waals surface area contributed by atoms with Crippen molar-refractivity contribution in [1.82, 2.24) is 14.5 Å². The van der Waals surface area contributed by atoms with Gasteiger partial charge in [-0.3, -0.25) is 9.59 Å². The van der Waals surface area contributed by atoms with E-state index < -0.39 is 10.0 Å². The molecule has 0 heterocycles. The van der Waals surface area contributed by atoms with Crippen molar-refractivity contribution in [2.45, 2.75) is 39.5 Å². The lowest BCUT2D eigenvalue weighted by Crippen LogP contribution is -2.39. The second kappa shape index (κ2) is 10.4. The summed E-state index contributed by atoms with van der Waals surface area (Å²) in [5, 5.41) is 2.77. The summed E-state index contributed by atoms with van der Waals surface area (Å²) in [6.45, 7) is 11.3. The number of rotatable bonds is 10. The van der Waals surface area contributed by atoms with E-state index in [-0.39, 0.29) is 16.7 Å². The van der Waals surface area contributed by atoms with Gasteiger partial charge in [0.1, 0.15) is 0 Å². The van der Waals surface area contributed by atoms with Crippen LogP contribution in [-0.4, -0.2) is 62.2 Å². The van der Waals surface area contributed by atoms with Crippen LogP contribution in [0.2, 0.25) is 0 Å². The second-order valence-corrected chi connectivity index (χ2v) is 8.67. The van der Waals surface area contributed by atoms with Crippen LogP contribution in [0.4, 0.5) is 0 Å². The van der Waals surface area contributed by atoms with Crippen LogP contribution in [-0.2, 0) is 14.8 Å². The van der Waals surface area contributed by atoms with Gasteiger partial charge in [-0.25, -0.2) is 8.42 Å². The molecule has 2 amide bonds. The van der Waals surface area contributed by atoms with Gasteiger partial charge in [0.05, 0.1) is 4.90 Å². The Balaban J connectivity index is 2.71. The molecule has 8 heteroatoms. The summed E-state index contributed by atoms with van der Waals surface area (Å²) in [5.74, 6) is 0.0312. The number of sulfonamides is 1. The Kier molecular flexibility index (Phi) is 8.92. The molecular formula is C19H31N3O4S. The number of carbonyl (C=O) groups excluding carboxylic acids is 2. The number of nitrogens with zero attached hydrogens (tertiary/aromatic N) is 2. The van der Waals surface area contributed by atoms with Crippen LogP contribution >= 0.6 is 0 Å². The molecule has 1 aromatic rings. The molecule has 0 radical (unpaired) electrons. The summed E-state index contributed by atoms with van der Waals surface area (Å²) in [5.41, 5.74) is 0.381. The van der Waals surface area contributed by atoms with Crippen LogP contribution in [0, 0.1) is 5.92 Å². The van der Waals surface area contributed by atoms with E-state index in [1.165, 1.54) is 35.5 Å². The first-order valence-corrected chi connectivity index (χ1v) is 10.7. The molecule has 0 spiro atoms.